The number of carbonyl (C=O) groups excluding carboxylic acids is 1. The number of ether oxygens (including phenoxy) is 1. The zero-order chi connectivity index (χ0) is 16.1. The monoisotopic (exact) mass is 314 g/mol. The lowest BCUT2D eigenvalue weighted by Crippen LogP contribution is -2.41. The second-order valence-corrected chi connectivity index (χ2v) is 5.76. The summed E-state index contributed by atoms with van der Waals surface area (Å²) in [5.41, 5.74) is 2.75. The second kappa shape index (κ2) is 7.44. The molecule has 0 saturated heterocycles. The molecule has 3 rings (SSSR count). The van der Waals surface area contributed by atoms with Crippen LogP contribution in [-0.2, 0) is 22.5 Å². The van der Waals surface area contributed by atoms with Gasteiger partial charge >= 0.3 is 0 Å². The Balaban J connectivity index is 1.73. The number of methoxy groups -OCH3 is 1. The van der Waals surface area contributed by atoms with E-state index in [2.05, 4.69) is 34.5 Å². The van der Waals surface area contributed by atoms with Crippen LogP contribution in [0, 0.1) is 0 Å². The van der Waals surface area contributed by atoms with Crippen molar-refractivity contribution in [2.45, 2.75) is 19.0 Å². The maximum atomic E-state index is 11.7. The minimum absolute atomic E-state index is 0.0270. The van der Waals surface area contributed by atoms with Crippen LogP contribution < -0.4 is 5.32 Å². The summed E-state index contributed by atoms with van der Waals surface area (Å²) in [6.07, 6.45) is 2.69. The average molecular weight is 314 g/mol. The smallest absolute Gasteiger partial charge is 0.246 e. The van der Waals surface area contributed by atoms with Crippen molar-refractivity contribution in [1.29, 1.82) is 0 Å². The molecule has 0 saturated carbocycles. The Hall–Kier alpha value is -2.11. The highest BCUT2D eigenvalue weighted by Gasteiger charge is 2.26. The van der Waals surface area contributed by atoms with Gasteiger partial charge in [0.2, 0.25) is 5.91 Å². The number of rotatable bonds is 6. The van der Waals surface area contributed by atoms with E-state index in [9.17, 15) is 4.79 Å². The first kappa shape index (κ1) is 15.8. The highest BCUT2D eigenvalue weighted by molar-refractivity contribution is 5.77. The van der Waals surface area contributed by atoms with Gasteiger partial charge in [-0.25, -0.2) is 0 Å². The molecule has 1 atom stereocenters. The van der Waals surface area contributed by atoms with E-state index in [0.29, 0.717) is 6.54 Å². The predicted molar refractivity (Wildman–Crippen MR) is 86.9 cm³/mol. The van der Waals surface area contributed by atoms with Gasteiger partial charge in [-0.15, -0.1) is 0 Å². The lowest BCUT2D eigenvalue weighted by Gasteiger charge is -2.34. The Morgan fingerprint density at radius 3 is 2.87 bits per heavy atom. The lowest BCUT2D eigenvalue weighted by atomic mass is 9.98. The van der Waals surface area contributed by atoms with Crippen molar-refractivity contribution in [3.63, 3.8) is 0 Å². The first-order valence-corrected chi connectivity index (χ1v) is 7.88. The molecule has 2 heterocycles. The molecule has 0 spiro atoms. The normalized spacial score (nSPS) is 15.9. The van der Waals surface area contributed by atoms with Crippen molar-refractivity contribution in [3.05, 3.63) is 59.5 Å². The number of carbonyl (C=O) groups is 1. The van der Waals surface area contributed by atoms with Gasteiger partial charge in [-0.2, -0.15) is 0 Å². The average Bonchev–Trinajstić information content (AvgIpc) is 3.09. The van der Waals surface area contributed by atoms with E-state index < -0.39 is 0 Å². The van der Waals surface area contributed by atoms with Crippen molar-refractivity contribution in [3.8, 4) is 0 Å². The fourth-order valence-electron chi connectivity index (χ4n) is 3.07. The topological polar surface area (TPSA) is 54.7 Å². The molecule has 0 aliphatic carbocycles. The number of fused-ring (bicyclic) bond motifs is 1. The van der Waals surface area contributed by atoms with Gasteiger partial charge in [-0.3, -0.25) is 9.69 Å². The van der Waals surface area contributed by atoms with Gasteiger partial charge in [0.15, 0.2) is 0 Å². The lowest BCUT2D eigenvalue weighted by molar-refractivity contribution is -0.125. The molecule has 0 fully saturated rings. The van der Waals surface area contributed by atoms with Gasteiger partial charge in [0, 0.05) is 26.7 Å². The third-order valence-corrected chi connectivity index (χ3v) is 4.24. The first-order valence-electron chi connectivity index (χ1n) is 7.88. The Morgan fingerprint density at radius 2 is 2.13 bits per heavy atom. The van der Waals surface area contributed by atoms with Crippen molar-refractivity contribution in [2.75, 3.05) is 26.8 Å². The van der Waals surface area contributed by atoms with Crippen LogP contribution in [0.25, 0.3) is 0 Å². The predicted octanol–water partition coefficient (Wildman–Crippen LogP) is 2.14. The van der Waals surface area contributed by atoms with Gasteiger partial charge < -0.3 is 14.5 Å². The molecule has 1 amide bonds. The molecule has 0 radical (unpaired) electrons. The van der Waals surface area contributed by atoms with E-state index in [4.69, 9.17) is 9.15 Å². The zero-order valence-electron chi connectivity index (χ0n) is 13.3. The number of nitrogens with one attached hydrogen (secondary N) is 1. The molecular formula is C18H22N2O3. The molecule has 5 heteroatoms. The number of nitrogens with zero attached hydrogens (tertiary/aromatic N) is 1. The van der Waals surface area contributed by atoms with E-state index >= 15 is 0 Å². The Kier molecular flexibility index (Phi) is 5.10. The van der Waals surface area contributed by atoms with E-state index in [1.54, 1.807) is 6.26 Å². The minimum atomic E-state index is -0.110. The third-order valence-electron chi connectivity index (χ3n) is 4.24. The van der Waals surface area contributed by atoms with E-state index in [1.807, 2.05) is 12.1 Å². The number of benzene rings is 1. The SMILES string of the molecule is COCC(=O)NC[C@H](c1ccco1)N1CCc2ccccc2C1. The van der Waals surface area contributed by atoms with Crippen molar-refractivity contribution in [1.82, 2.24) is 10.2 Å². The zero-order valence-corrected chi connectivity index (χ0v) is 13.3. The van der Waals surface area contributed by atoms with Crippen LogP contribution in [0.5, 0.6) is 0 Å². The summed E-state index contributed by atoms with van der Waals surface area (Å²) in [5, 5.41) is 2.93. The molecule has 122 valence electrons. The van der Waals surface area contributed by atoms with Crippen LogP contribution in [-0.4, -0.2) is 37.6 Å². The second-order valence-electron chi connectivity index (χ2n) is 5.76. The summed E-state index contributed by atoms with van der Waals surface area (Å²) >= 11 is 0. The van der Waals surface area contributed by atoms with Crippen LogP contribution in [0.3, 0.4) is 0 Å². The maximum Gasteiger partial charge on any atom is 0.246 e. The third kappa shape index (κ3) is 3.81. The quantitative estimate of drug-likeness (QED) is 0.887. The standard InChI is InChI=1S/C18H22N2O3/c1-22-13-18(21)19-11-16(17-7-4-10-23-17)20-9-8-14-5-2-3-6-15(14)12-20/h2-7,10,16H,8-9,11-13H2,1H3,(H,19,21)/t16-/m1/s1. The molecule has 0 unspecified atom stereocenters. The van der Waals surface area contributed by atoms with Gasteiger partial charge in [0.1, 0.15) is 12.4 Å². The number of hydrogen-bond acceptors (Lipinski definition) is 4. The van der Waals surface area contributed by atoms with Gasteiger partial charge in [-0.05, 0) is 29.7 Å². The summed E-state index contributed by atoms with van der Waals surface area (Å²) in [6.45, 7) is 2.40. The Morgan fingerprint density at radius 1 is 1.30 bits per heavy atom. The number of furan rings is 1. The minimum Gasteiger partial charge on any atom is -0.468 e. The largest absolute Gasteiger partial charge is 0.468 e. The van der Waals surface area contributed by atoms with Crippen LogP contribution >= 0.6 is 0 Å². The molecule has 1 aliphatic rings. The summed E-state index contributed by atoms with van der Waals surface area (Å²) in [4.78, 5) is 14.1. The van der Waals surface area contributed by atoms with Crippen LogP contribution in [0.2, 0.25) is 0 Å². The van der Waals surface area contributed by atoms with Crippen molar-refractivity contribution in [2.24, 2.45) is 0 Å². The fourth-order valence-corrected chi connectivity index (χ4v) is 3.07. The number of hydrogen-bond donors (Lipinski definition) is 1. The fraction of sp³-hybridized carbons (Fsp3) is 0.389. The summed E-state index contributed by atoms with van der Waals surface area (Å²) in [5.74, 6) is 0.767. The van der Waals surface area contributed by atoms with E-state index in [-0.39, 0.29) is 18.6 Å². The molecule has 0 bridgehead atoms. The van der Waals surface area contributed by atoms with Gasteiger partial charge in [0.25, 0.3) is 0 Å². The number of amides is 1. The molecule has 1 aromatic heterocycles. The summed E-state index contributed by atoms with van der Waals surface area (Å²) in [6, 6.07) is 12.4. The van der Waals surface area contributed by atoms with Crippen LogP contribution in [0.15, 0.2) is 47.1 Å². The Bertz CT molecular complexity index is 639. The van der Waals surface area contributed by atoms with E-state index in [0.717, 1.165) is 25.3 Å². The highest BCUT2D eigenvalue weighted by atomic mass is 16.5. The molecule has 1 N–H and O–H groups in total. The van der Waals surface area contributed by atoms with Gasteiger partial charge in [0.05, 0.1) is 12.3 Å². The van der Waals surface area contributed by atoms with Crippen molar-refractivity contribution < 1.29 is 13.9 Å². The van der Waals surface area contributed by atoms with Crippen LogP contribution in [0.1, 0.15) is 22.9 Å². The molecule has 1 aliphatic heterocycles. The molecule has 2 aromatic rings. The molecule has 23 heavy (non-hydrogen) atoms. The molecule has 1 aromatic carbocycles. The summed E-state index contributed by atoms with van der Waals surface area (Å²) in [7, 11) is 1.52. The highest BCUT2D eigenvalue weighted by Crippen LogP contribution is 2.27. The van der Waals surface area contributed by atoms with Gasteiger partial charge in [-0.1, -0.05) is 24.3 Å². The van der Waals surface area contributed by atoms with E-state index in [1.165, 1.54) is 18.2 Å². The maximum absolute atomic E-state index is 11.7. The Labute approximate surface area is 136 Å². The first-order chi connectivity index (χ1) is 11.3. The molecular weight excluding hydrogens is 292 g/mol. The summed E-state index contributed by atoms with van der Waals surface area (Å²) < 4.78 is 10.5. The van der Waals surface area contributed by atoms with Crippen molar-refractivity contribution >= 4 is 5.91 Å². The van der Waals surface area contributed by atoms with Crippen LogP contribution in [0.4, 0.5) is 0 Å². The molecule has 5 nitrogen and oxygen atoms in total.